The summed E-state index contributed by atoms with van der Waals surface area (Å²) in [4.78, 5) is 11.7. The van der Waals surface area contributed by atoms with E-state index in [1.54, 1.807) is 9.13 Å². The Morgan fingerprint density at radius 3 is 2.86 bits per heavy atom. The molecule has 0 spiro atoms. The Bertz CT molecular complexity index is 346. The van der Waals surface area contributed by atoms with Crippen LogP contribution in [0.15, 0.2) is 17.2 Å². The van der Waals surface area contributed by atoms with Gasteiger partial charge in [0.05, 0.1) is 0 Å². The van der Waals surface area contributed by atoms with Gasteiger partial charge in [-0.2, -0.15) is 0 Å². The first-order valence-electron chi connectivity index (χ1n) is 5.30. The fourth-order valence-corrected chi connectivity index (χ4v) is 1.98. The third-order valence-corrected chi connectivity index (χ3v) is 2.84. The Labute approximate surface area is 83.5 Å². The quantitative estimate of drug-likeness (QED) is 0.759. The summed E-state index contributed by atoms with van der Waals surface area (Å²) in [5.74, 6) is 0. The highest BCUT2D eigenvalue weighted by Crippen LogP contribution is 2.06. The monoisotopic (exact) mass is 195 g/mol. The second kappa shape index (κ2) is 4.00. The first-order chi connectivity index (χ1) is 6.81. The second-order valence-electron chi connectivity index (χ2n) is 3.81. The van der Waals surface area contributed by atoms with Crippen LogP contribution >= 0.6 is 0 Å². The topological polar surface area (TPSA) is 39.0 Å². The lowest BCUT2D eigenvalue weighted by Crippen LogP contribution is -2.32. The summed E-state index contributed by atoms with van der Waals surface area (Å²) in [5, 5.41) is 3.39. The Hall–Kier alpha value is -1.03. The minimum absolute atomic E-state index is 0.112. The van der Waals surface area contributed by atoms with Gasteiger partial charge in [-0.3, -0.25) is 9.13 Å². The van der Waals surface area contributed by atoms with E-state index in [1.165, 1.54) is 12.8 Å². The normalized spacial score (nSPS) is 21.6. The molecule has 2 rings (SSSR count). The van der Waals surface area contributed by atoms with Crippen molar-refractivity contribution in [1.82, 2.24) is 14.5 Å². The fourth-order valence-electron chi connectivity index (χ4n) is 1.98. The maximum absolute atomic E-state index is 11.7. The van der Waals surface area contributed by atoms with Crippen LogP contribution in [-0.2, 0) is 13.1 Å². The first-order valence-corrected chi connectivity index (χ1v) is 5.30. The van der Waals surface area contributed by atoms with Crippen molar-refractivity contribution < 1.29 is 0 Å². The third kappa shape index (κ3) is 1.75. The summed E-state index contributed by atoms with van der Waals surface area (Å²) in [6.45, 7) is 4.64. The summed E-state index contributed by atoms with van der Waals surface area (Å²) >= 11 is 0. The smallest absolute Gasteiger partial charge is 0.312 e. The van der Waals surface area contributed by atoms with E-state index in [1.807, 2.05) is 19.3 Å². The van der Waals surface area contributed by atoms with Crippen LogP contribution in [0.25, 0.3) is 0 Å². The van der Waals surface area contributed by atoms with Crippen LogP contribution in [0.3, 0.4) is 0 Å². The van der Waals surface area contributed by atoms with Crippen LogP contribution in [0.2, 0.25) is 0 Å². The van der Waals surface area contributed by atoms with Crippen molar-refractivity contribution in [3.05, 3.63) is 22.9 Å². The van der Waals surface area contributed by atoms with Crippen molar-refractivity contribution in [3.8, 4) is 0 Å². The highest BCUT2D eigenvalue weighted by atomic mass is 16.1. The lowest BCUT2D eigenvalue weighted by atomic mass is 10.2. The SMILES string of the molecule is CCn1ccn(CC2CCCN2)c1=O. The highest BCUT2D eigenvalue weighted by Gasteiger charge is 2.15. The number of nitrogens with zero attached hydrogens (tertiary/aromatic N) is 2. The van der Waals surface area contributed by atoms with E-state index in [0.717, 1.165) is 19.6 Å². The molecule has 14 heavy (non-hydrogen) atoms. The summed E-state index contributed by atoms with van der Waals surface area (Å²) in [7, 11) is 0. The van der Waals surface area contributed by atoms with E-state index in [2.05, 4.69) is 5.32 Å². The van der Waals surface area contributed by atoms with E-state index in [-0.39, 0.29) is 5.69 Å². The molecule has 1 N–H and O–H groups in total. The van der Waals surface area contributed by atoms with Crippen LogP contribution in [0.1, 0.15) is 19.8 Å². The van der Waals surface area contributed by atoms with Crippen molar-refractivity contribution in [2.45, 2.75) is 38.9 Å². The van der Waals surface area contributed by atoms with Crippen molar-refractivity contribution in [2.75, 3.05) is 6.54 Å². The summed E-state index contributed by atoms with van der Waals surface area (Å²) in [6.07, 6.45) is 6.15. The molecule has 2 heterocycles. The van der Waals surface area contributed by atoms with E-state index < -0.39 is 0 Å². The maximum Gasteiger partial charge on any atom is 0.328 e. The number of rotatable bonds is 3. The molecule has 4 heteroatoms. The van der Waals surface area contributed by atoms with Gasteiger partial charge in [-0.25, -0.2) is 4.79 Å². The van der Waals surface area contributed by atoms with Gasteiger partial charge in [-0.15, -0.1) is 0 Å². The molecule has 0 aliphatic carbocycles. The van der Waals surface area contributed by atoms with Crippen molar-refractivity contribution >= 4 is 0 Å². The van der Waals surface area contributed by atoms with Crippen LogP contribution < -0.4 is 11.0 Å². The molecular weight excluding hydrogens is 178 g/mol. The molecule has 1 atom stereocenters. The predicted octanol–water partition coefficient (Wildman–Crippen LogP) is 0.422. The molecule has 1 aliphatic heterocycles. The Morgan fingerprint density at radius 2 is 2.29 bits per heavy atom. The molecule has 0 aromatic carbocycles. The van der Waals surface area contributed by atoms with Crippen molar-refractivity contribution in [1.29, 1.82) is 0 Å². The molecule has 0 amide bonds. The summed E-state index contributed by atoms with van der Waals surface area (Å²) in [6, 6.07) is 0.486. The van der Waals surface area contributed by atoms with Gasteiger partial charge in [0, 0.05) is 31.5 Å². The molecule has 78 valence electrons. The number of imidazole rings is 1. The Morgan fingerprint density at radius 1 is 1.50 bits per heavy atom. The highest BCUT2D eigenvalue weighted by molar-refractivity contribution is 4.84. The van der Waals surface area contributed by atoms with Gasteiger partial charge < -0.3 is 5.32 Å². The van der Waals surface area contributed by atoms with E-state index in [9.17, 15) is 4.79 Å². The molecule has 0 radical (unpaired) electrons. The number of hydrogen-bond donors (Lipinski definition) is 1. The van der Waals surface area contributed by atoms with E-state index in [4.69, 9.17) is 0 Å². The van der Waals surface area contributed by atoms with Crippen LogP contribution in [0.5, 0.6) is 0 Å². The zero-order valence-electron chi connectivity index (χ0n) is 8.57. The summed E-state index contributed by atoms with van der Waals surface area (Å²) in [5.41, 5.74) is 0.112. The van der Waals surface area contributed by atoms with Crippen LogP contribution in [0, 0.1) is 0 Å². The van der Waals surface area contributed by atoms with Gasteiger partial charge in [-0.05, 0) is 26.3 Å². The molecule has 0 saturated carbocycles. The lowest BCUT2D eigenvalue weighted by molar-refractivity contribution is 0.493. The Kier molecular flexibility index (Phi) is 2.72. The van der Waals surface area contributed by atoms with Crippen molar-refractivity contribution in [2.24, 2.45) is 0 Å². The molecule has 4 nitrogen and oxygen atoms in total. The average molecular weight is 195 g/mol. The predicted molar refractivity (Wildman–Crippen MR) is 55.4 cm³/mol. The first kappa shape index (κ1) is 9.52. The molecule has 1 unspecified atom stereocenters. The Balaban J connectivity index is 2.08. The minimum atomic E-state index is 0.112. The maximum atomic E-state index is 11.7. The van der Waals surface area contributed by atoms with Crippen molar-refractivity contribution in [3.63, 3.8) is 0 Å². The standard InChI is InChI=1S/C10H17N3O/c1-2-12-6-7-13(10(12)14)8-9-4-3-5-11-9/h6-7,9,11H,2-5,8H2,1H3. The number of aryl methyl sites for hydroxylation is 1. The molecule has 1 aromatic heterocycles. The number of hydrogen-bond acceptors (Lipinski definition) is 2. The van der Waals surface area contributed by atoms with Gasteiger partial charge in [-0.1, -0.05) is 0 Å². The zero-order chi connectivity index (χ0) is 9.97. The molecule has 1 fully saturated rings. The fraction of sp³-hybridized carbons (Fsp3) is 0.700. The van der Waals surface area contributed by atoms with E-state index in [0.29, 0.717) is 6.04 Å². The summed E-state index contributed by atoms with van der Waals surface area (Å²) < 4.78 is 3.53. The second-order valence-corrected chi connectivity index (χ2v) is 3.81. The van der Waals surface area contributed by atoms with Gasteiger partial charge in [0.15, 0.2) is 0 Å². The van der Waals surface area contributed by atoms with Gasteiger partial charge in [0.1, 0.15) is 0 Å². The lowest BCUT2D eigenvalue weighted by Gasteiger charge is -2.09. The zero-order valence-corrected chi connectivity index (χ0v) is 8.57. The number of aromatic nitrogens is 2. The van der Waals surface area contributed by atoms with E-state index >= 15 is 0 Å². The molecule has 1 aromatic rings. The van der Waals surface area contributed by atoms with Crippen LogP contribution in [0.4, 0.5) is 0 Å². The molecule has 1 aliphatic rings. The minimum Gasteiger partial charge on any atom is -0.312 e. The molecular formula is C10H17N3O. The average Bonchev–Trinajstić information content (AvgIpc) is 2.79. The third-order valence-electron chi connectivity index (χ3n) is 2.84. The largest absolute Gasteiger partial charge is 0.328 e. The molecule has 0 bridgehead atoms. The van der Waals surface area contributed by atoms with Gasteiger partial charge in [0.25, 0.3) is 0 Å². The number of nitrogens with one attached hydrogen (secondary N) is 1. The van der Waals surface area contributed by atoms with Gasteiger partial charge in [0.2, 0.25) is 0 Å². The van der Waals surface area contributed by atoms with Gasteiger partial charge >= 0.3 is 5.69 Å². The van der Waals surface area contributed by atoms with Crippen LogP contribution in [-0.4, -0.2) is 21.7 Å². The molecule has 1 saturated heterocycles.